The zero-order valence-corrected chi connectivity index (χ0v) is 8.17. The summed E-state index contributed by atoms with van der Waals surface area (Å²) < 4.78 is 5.08. The average Bonchev–Trinajstić information content (AvgIpc) is 2.03. The van der Waals surface area contributed by atoms with Gasteiger partial charge in [-0.3, -0.25) is 4.79 Å². The summed E-state index contributed by atoms with van der Waals surface area (Å²) in [6.45, 7) is 5.82. The molecule has 3 heteroatoms. The van der Waals surface area contributed by atoms with Crippen molar-refractivity contribution in [2.45, 2.75) is 52.2 Å². The first-order valence-electron chi connectivity index (χ1n) is 4.57. The van der Waals surface area contributed by atoms with Crippen LogP contribution in [0, 0.1) is 0 Å². The average molecular weight is 173 g/mol. The molecule has 2 unspecified atom stereocenters. The Balaban J connectivity index is 3.67. The van der Waals surface area contributed by atoms with Crippen LogP contribution in [0.1, 0.15) is 40.0 Å². The van der Waals surface area contributed by atoms with E-state index in [0.29, 0.717) is 6.42 Å². The SMILES string of the molecule is CCCC(C)OC(=O)C(N)CC. The minimum atomic E-state index is -0.454. The van der Waals surface area contributed by atoms with E-state index in [0.717, 1.165) is 12.8 Å². The summed E-state index contributed by atoms with van der Waals surface area (Å²) >= 11 is 0. The smallest absolute Gasteiger partial charge is 0.323 e. The molecule has 0 aliphatic heterocycles. The summed E-state index contributed by atoms with van der Waals surface area (Å²) in [7, 11) is 0. The Kier molecular flexibility index (Phi) is 5.72. The Morgan fingerprint density at radius 3 is 2.50 bits per heavy atom. The molecular weight excluding hydrogens is 154 g/mol. The second kappa shape index (κ2) is 6.00. The minimum Gasteiger partial charge on any atom is -0.462 e. The summed E-state index contributed by atoms with van der Waals surface area (Å²) in [6, 6.07) is -0.454. The molecule has 0 aromatic carbocycles. The van der Waals surface area contributed by atoms with E-state index in [-0.39, 0.29) is 12.1 Å². The third kappa shape index (κ3) is 4.34. The molecular formula is C9H19NO2. The fourth-order valence-electron chi connectivity index (χ4n) is 0.918. The molecule has 0 aromatic heterocycles. The fourth-order valence-corrected chi connectivity index (χ4v) is 0.918. The summed E-state index contributed by atoms with van der Waals surface area (Å²) in [4.78, 5) is 11.1. The molecule has 72 valence electrons. The van der Waals surface area contributed by atoms with Gasteiger partial charge in [0.25, 0.3) is 0 Å². The van der Waals surface area contributed by atoms with Crippen LogP contribution in [0.2, 0.25) is 0 Å². The summed E-state index contributed by atoms with van der Waals surface area (Å²) in [5.41, 5.74) is 5.49. The number of hydrogen-bond acceptors (Lipinski definition) is 3. The highest BCUT2D eigenvalue weighted by atomic mass is 16.5. The van der Waals surface area contributed by atoms with Crippen LogP contribution in [0.15, 0.2) is 0 Å². The second-order valence-electron chi connectivity index (χ2n) is 3.05. The number of nitrogens with two attached hydrogens (primary N) is 1. The van der Waals surface area contributed by atoms with Crippen molar-refractivity contribution in [1.29, 1.82) is 0 Å². The van der Waals surface area contributed by atoms with Gasteiger partial charge < -0.3 is 10.5 Å². The van der Waals surface area contributed by atoms with Gasteiger partial charge in [-0.2, -0.15) is 0 Å². The van der Waals surface area contributed by atoms with Gasteiger partial charge in [0.1, 0.15) is 6.04 Å². The maximum absolute atomic E-state index is 11.1. The Bertz CT molecular complexity index is 136. The molecule has 0 saturated carbocycles. The molecule has 0 aliphatic rings. The van der Waals surface area contributed by atoms with Crippen LogP contribution in [0.3, 0.4) is 0 Å². The molecule has 0 amide bonds. The maximum Gasteiger partial charge on any atom is 0.323 e. The van der Waals surface area contributed by atoms with Crippen molar-refractivity contribution in [3.05, 3.63) is 0 Å². The van der Waals surface area contributed by atoms with Gasteiger partial charge in [-0.05, 0) is 19.8 Å². The van der Waals surface area contributed by atoms with Crippen LogP contribution in [-0.4, -0.2) is 18.1 Å². The lowest BCUT2D eigenvalue weighted by Crippen LogP contribution is -2.33. The predicted octanol–water partition coefficient (Wildman–Crippen LogP) is 1.46. The van der Waals surface area contributed by atoms with Gasteiger partial charge >= 0.3 is 5.97 Å². The van der Waals surface area contributed by atoms with Crippen LogP contribution in [0.5, 0.6) is 0 Å². The van der Waals surface area contributed by atoms with Gasteiger partial charge in [0, 0.05) is 0 Å². The van der Waals surface area contributed by atoms with Gasteiger partial charge in [0.15, 0.2) is 0 Å². The van der Waals surface area contributed by atoms with E-state index in [4.69, 9.17) is 10.5 Å². The number of ether oxygens (including phenoxy) is 1. The zero-order chi connectivity index (χ0) is 9.56. The molecule has 2 N–H and O–H groups in total. The topological polar surface area (TPSA) is 52.3 Å². The van der Waals surface area contributed by atoms with Crippen molar-refractivity contribution in [2.75, 3.05) is 0 Å². The fraction of sp³-hybridized carbons (Fsp3) is 0.889. The van der Waals surface area contributed by atoms with Gasteiger partial charge in [-0.25, -0.2) is 0 Å². The highest BCUT2D eigenvalue weighted by Crippen LogP contribution is 2.02. The molecule has 0 fully saturated rings. The first kappa shape index (κ1) is 11.4. The molecule has 0 radical (unpaired) electrons. The molecule has 2 atom stereocenters. The van der Waals surface area contributed by atoms with Crippen molar-refractivity contribution in [3.63, 3.8) is 0 Å². The lowest BCUT2D eigenvalue weighted by Gasteiger charge is -2.14. The highest BCUT2D eigenvalue weighted by Gasteiger charge is 2.14. The van der Waals surface area contributed by atoms with Crippen LogP contribution in [0.25, 0.3) is 0 Å². The lowest BCUT2D eigenvalue weighted by atomic mass is 10.2. The first-order valence-corrected chi connectivity index (χ1v) is 4.57. The Morgan fingerprint density at radius 1 is 1.50 bits per heavy atom. The minimum absolute atomic E-state index is 0.0000926. The number of esters is 1. The van der Waals surface area contributed by atoms with Crippen molar-refractivity contribution in [2.24, 2.45) is 5.73 Å². The highest BCUT2D eigenvalue weighted by molar-refractivity contribution is 5.75. The van der Waals surface area contributed by atoms with E-state index in [1.807, 2.05) is 13.8 Å². The number of hydrogen-bond donors (Lipinski definition) is 1. The Hall–Kier alpha value is -0.570. The normalized spacial score (nSPS) is 15.3. The van der Waals surface area contributed by atoms with E-state index < -0.39 is 6.04 Å². The van der Waals surface area contributed by atoms with E-state index in [1.54, 1.807) is 0 Å². The monoisotopic (exact) mass is 173 g/mol. The van der Waals surface area contributed by atoms with Gasteiger partial charge in [0.05, 0.1) is 6.10 Å². The maximum atomic E-state index is 11.1. The van der Waals surface area contributed by atoms with Crippen molar-refractivity contribution in [1.82, 2.24) is 0 Å². The lowest BCUT2D eigenvalue weighted by molar-refractivity contribution is -0.150. The predicted molar refractivity (Wildman–Crippen MR) is 48.7 cm³/mol. The van der Waals surface area contributed by atoms with Crippen molar-refractivity contribution >= 4 is 5.97 Å². The molecule has 3 nitrogen and oxygen atoms in total. The third-order valence-electron chi connectivity index (χ3n) is 1.76. The Labute approximate surface area is 74.3 Å². The largest absolute Gasteiger partial charge is 0.462 e. The molecule has 12 heavy (non-hydrogen) atoms. The van der Waals surface area contributed by atoms with Crippen LogP contribution < -0.4 is 5.73 Å². The number of rotatable bonds is 5. The Morgan fingerprint density at radius 2 is 2.08 bits per heavy atom. The van der Waals surface area contributed by atoms with Crippen molar-refractivity contribution in [3.8, 4) is 0 Å². The number of carbonyl (C=O) groups is 1. The van der Waals surface area contributed by atoms with Crippen molar-refractivity contribution < 1.29 is 9.53 Å². The number of carbonyl (C=O) groups excluding carboxylic acids is 1. The van der Waals surface area contributed by atoms with E-state index in [9.17, 15) is 4.79 Å². The van der Waals surface area contributed by atoms with E-state index >= 15 is 0 Å². The summed E-state index contributed by atoms with van der Waals surface area (Å²) in [5.74, 6) is -0.279. The molecule has 0 aromatic rings. The molecule has 0 saturated heterocycles. The first-order chi connectivity index (χ1) is 5.61. The van der Waals surface area contributed by atoms with Crippen LogP contribution in [-0.2, 0) is 9.53 Å². The summed E-state index contributed by atoms with van der Waals surface area (Å²) in [6.07, 6.45) is 2.57. The van der Waals surface area contributed by atoms with E-state index in [2.05, 4.69) is 6.92 Å². The quantitative estimate of drug-likeness (QED) is 0.640. The second-order valence-corrected chi connectivity index (χ2v) is 3.05. The molecule has 0 aliphatic carbocycles. The van der Waals surface area contributed by atoms with E-state index in [1.165, 1.54) is 0 Å². The summed E-state index contributed by atoms with van der Waals surface area (Å²) in [5, 5.41) is 0. The molecule has 0 bridgehead atoms. The molecule has 0 heterocycles. The van der Waals surface area contributed by atoms with Crippen LogP contribution in [0.4, 0.5) is 0 Å². The van der Waals surface area contributed by atoms with Gasteiger partial charge in [-0.15, -0.1) is 0 Å². The standard InChI is InChI=1S/C9H19NO2/c1-4-6-7(3)12-9(11)8(10)5-2/h7-8H,4-6,10H2,1-3H3. The van der Waals surface area contributed by atoms with Gasteiger partial charge in [0.2, 0.25) is 0 Å². The molecule has 0 spiro atoms. The third-order valence-corrected chi connectivity index (χ3v) is 1.76. The zero-order valence-electron chi connectivity index (χ0n) is 8.17. The van der Waals surface area contributed by atoms with Gasteiger partial charge in [-0.1, -0.05) is 20.3 Å². The molecule has 0 rings (SSSR count). The van der Waals surface area contributed by atoms with Crippen LogP contribution >= 0.6 is 0 Å².